The molecule has 0 aromatic heterocycles. The molecular weight excluding hydrogens is 204 g/mol. The molecule has 0 radical (unpaired) electrons. The van der Waals surface area contributed by atoms with Crippen LogP contribution in [0.2, 0.25) is 0 Å². The summed E-state index contributed by atoms with van der Waals surface area (Å²) in [7, 11) is -3.28. The Morgan fingerprint density at radius 3 is 2.64 bits per heavy atom. The molecular formula is C8H16N2O3S. The summed E-state index contributed by atoms with van der Waals surface area (Å²) in [5.41, 5.74) is 5.16. The minimum Gasteiger partial charge on any atom is -0.368 e. The van der Waals surface area contributed by atoms with Crippen molar-refractivity contribution in [2.45, 2.75) is 32.2 Å². The van der Waals surface area contributed by atoms with Gasteiger partial charge in [-0.25, -0.2) is 8.42 Å². The van der Waals surface area contributed by atoms with Gasteiger partial charge in [0.05, 0.1) is 5.75 Å². The smallest absolute Gasteiger partial charge is 0.235 e. The highest BCUT2D eigenvalue weighted by atomic mass is 32.2. The van der Waals surface area contributed by atoms with Crippen LogP contribution in [0.25, 0.3) is 0 Å². The number of primary amides is 1. The van der Waals surface area contributed by atoms with Crippen molar-refractivity contribution in [2.24, 2.45) is 5.73 Å². The number of nitrogens with two attached hydrogens (primary N) is 1. The fourth-order valence-corrected chi connectivity index (χ4v) is 3.02. The molecule has 5 nitrogen and oxygen atoms in total. The third-order valence-electron chi connectivity index (χ3n) is 2.50. The number of piperidine rings is 1. The van der Waals surface area contributed by atoms with E-state index in [2.05, 4.69) is 0 Å². The zero-order valence-corrected chi connectivity index (χ0v) is 9.09. The van der Waals surface area contributed by atoms with Gasteiger partial charge in [0.15, 0.2) is 0 Å². The average Bonchev–Trinajstić information content (AvgIpc) is 2.18. The lowest BCUT2D eigenvalue weighted by Gasteiger charge is -2.32. The Balaban J connectivity index is 2.88. The first-order valence-electron chi connectivity index (χ1n) is 4.78. The summed E-state index contributed by atoms with van der Waals surface area (Å²) in [6.07, 6.45) is 2.22. The molecule has 1 fully saturated rings. The van der Waals surface area contributed by atoms with Crippen molar-refractivity contribution >= 4 is 15.9 Å². The lowest BCUT2D eigenvalue weighted by molar-refractivity contribution is -0.122. The number of nitrogens with zero attached hydrogens (tertiary/aromatic N) is 1. The van der Waals surface area contributed by atoms with Crippen molar-refractivity contribution in [1.82, 2.24) is 4.31 Å². The Labute approximate surface area is 84.3 Å². The van der Waals surface area contributed by atoms with Crippen LogP contribution in [0, 0.1) is 0 Å². The molecule has 0 saturated carbocycles. The average molecular weight is 220 g/mol. The highest BCUT2D eigenvalue weighted by Crippen LogP contribution is 2.20. The Morgan fingerprint density at radius 1 is 1.50 bits per heavy atom. The zero-order chi connectivity index (χ0) is 10.8. The van der Waals surface area contributed by atoms with Gasteiger partial charge in [-0.3, -0.25) is 4.79 Å². The second kappa shape index (κ2) is 4.27. The van der Waals surface area contributed by atoms with Crippen molar-refractivity contribution in [3.05, 3.63) is 0 Å². The molecule has 1 aliphatic rings. The molecule has 1 atom stereocenters. The first-order valence-corrected chi connectivity index (χ1v) is 6.39. The Bertz CT molecular complexity index is 313. The van der Waals surface area contributed by atoms with Crippen LogP contribution in [0.5, 0.6) is 0 Å². The molecule has 14 heavy (non-hydrogen) atoms. The van der Waals surface area contributed by atoms with Gasteiger partial charge in [-0.05, 0) is 19.8 Å². The molecule has 0 aliphatic carbocycles. The van der Waals surface area contributed by atoms with E-state index in [1.165, 1.54) is 4.31 Å². The van der Waals surface area contributed by atoms with Crippen LogP contribution in [-0.4, -0.2) is 37.0 Å². The van der Waals surface area contributed by atoms with Crippen molar-refractivity contribution in [3.8, 4) is 0 Å². The van der Waals surface area contributed by atoms with Gasteiger partial charge in [-0.2, -0.15) is 4.31 Å². The van der Waals surface area contributed by atoms with Crippen LogP contribution < -0.4 is 5.73 Å². The molecule has 1 rings (SSSR count). The Morgan fingerprint density at radius 2 is 2.14 bits per heavy atom. The van der Waals surface area contributed by atoms with Gasteiger partial charge in [0.25, 0.3) is 0 Å². The number of sulfonamides is 1. The standard InChI is InChI=1S/C8H16N2O3S/c1-2-14(12,13)10-6-4-3-5-7(10)8(9)11/h7H,2-6H2,1H3,(H2,9,11)/t7-/m0/s1. The number of carbonyl (C=O) groups excluding carboxylic acids is 1. The summed E-state index contributed by atoms with van der Waals surface area (Å²) in [6.45, 7) is 1.99. The molecule has 0 spiro atoms. The first-order chi connectivity index (χ1) is 6.49. The monoisotopic (exact) mass is 220 g/mol. The normalized spacial score (nSPS) is 24.8. The van der Waals surface area contributed by atoms with Gasteiger partial charge in [0.2, 0.25) is 15.9 Å². The highest BCUT2D eigenvalue weighted by Gasteiger charge is 2.34. The van der Waals surface area contributed by atoms with Gasteiger partial charge >= 0.3 is 0 Å². The maximum Gasteiger partial charge on any atom is 0.235 e. The van der Waals surface area contributed by atoms with Gasteiger partial charge in [-0.15, -0.1) is 0 Å². The number of hydrogen-bond donors (Lipinski definition) is 1. The van der Waals surface area contributed by atoms with Crippen LogP contribution in [0.1, 0.15) is 26.2 Å². The summed E-state index contributed by atoms with van der Waals surface area (Å²) in [6, 6.07) is -0.631. The number of rotatable bonds is 3. The molecule has 1 heterocycles. The topological polar surface area (TPSA) is 80.5 Å². The summed E-state index contributed by atoms with van der Waals surface area (Å²) >= 11 is 0. The Hall–Kier alpha value is -0.620. The van der Waals surface area contributed by atoms with Gasteiger partial charge < -0.3 is 5.73 Å². The third kappa shape index (κ3) is 2.24. The van der Waals surface area contributed by atoms with Crippen molar-refractivity contribution < 1.29 is 13.2 Å². The zero-order valence-electron chi connectivity index (χ0n) is 8.27. The van der Waals surface area contributed by atoms with Crippen LogP contribution in [0.15, 0.2) is 0 Å². The summed E-state index contributed by atoms with van der Waals surface area (Å²) in [5, 5.41) is 0. The van der Waals surface area contributed by atoms with Crippen molar-refractivity contribution in [3.63, 3.8) is 0 Å². The van der Waals surface area contributed by atoms with E-state index in [1.807, 2.05) is 0 Å². The second-order valence-electron chi connectivity index (χ2n) is 3.43. The maximum atomic E-state index is 11.6. The largest absolute Gasteiger partial charge is 0.368 e. The summed E-state index contributed by atoms with van der Waals surface area (Å²) in [4.78, 5) is 11.0. The molecule has 1 amide bonds. The molecule has 0 bridgehead atoms. The first kappa shape index (κ1) is 11.5. The second-order valence-corrected chi connectivity index (χ2v) is 5.64. The molecule has 1 saturated heterocycles. The van der Waals surface area contributed by atoms with Crippen molar-refractivity contribution in [1.29, 1.82) is 0 Å². The summed E-state index contributed by atoms with van der Waals surface area (Å²) in [5.74, 6) is -0.515. The van der Waals surface area contributed by atoms with Gasteiger partial charge in [0.1, 0.15) is 6.04 Å². The maximum absolute atomic E-state index is 11.6. The van der Waals surface area contributed by atoms with Crippen LogP contribution in [0.4, 0.5) is 0 Å². The van der Waals surface area contributed by atoms with E-state index >= 15 is 0 Å². The van der Waals surface area contributed by atoms with Gasteiger partial charge in [-0.1, -0.05) is 6.42 Å². The van der Waals surface area contributed by atoms with E-state index in [4.69, 9.17) is 5.73 Å². The van der Waals surface area contributed by atoms with Crippen LogP contribution in [-0.2, 0) is 14.8 Å². The SMILES string of the molecule is CCS(=O)(=O)N1CCCC[C@H]1C(N)=O. The van der Waals surface area contributed by atoms with E-state index in [1.54, 1.807) is 6.92 Å². The summed E-state index contributed by atoms with van der Waals surface area (Å²) < 4.78 is 24.4. The molecule has 82 valence electrons. The Kier molecular flexibility index (Phi) is 3.49. The van der Waals surface area contributed by atoms with Crippen molar-refractivity contribution in [2.75, 3.05) is 12.3 Å². The molecule has 6 heteroatoms. The van der Waals surface area contributed by atoms with Gasteiger partial charge in [0, 0.05) is 6.54 Å². The molecule has 1 aliphatic heterocycles. The van der Waals surface area contributed by atoms with E-state index < -0.39 is 22.0 Å². The highest BCUT2D eigenvalue weighted by molar-refractivity contribution is 7.89. The minimum absolute atomic E-state index is 0.0246. The molecule has 0 aromatic rings. The molecule has 0 unspecified atom stereocenters. The fourth-order valence-electron chi connectivity index (χ4n) is 1.69. The fraction of sp³-hybridized carbons (Fsp3) is 0.875. The lowest BCUT2D eigenvalue weighted by Crippen LogP contribution is -2.50. The predicted molar refractivity (Wildman–Crippen MR) is 53.0 cm³/mol. The number of carbonyl (C=O) groups is 1. The van der Waals surface area contributed by atoms with E-state index in [0.717, 1.165) is 12.8 Å². The third-order valence-corrected chi connectivity index (χ3v) is 4.39. The van der Waals surface area contributed by atoms with Crippen LogP contribution in [0.3, 0.4) is 0 Å². The predicted octanol–water partition coefficient (Wildman–Crippen LogP) is -0.324. The van der Waals surface area contributed by atoms with E-state index in [9.17, 15) is 13.2 Å². The minimum atomic E-state index is -3.28. The number of amides is 1. The quantitative estimate of drug-likeness (QED) is 0.707. The van der Waals surface area contributed by atoms with Crippen LogP contribution >= 0.6 is 0 Å². The molecule has 2 N–H and O–H groups in total. The van der Waals surface area contributed by atoms with E-state index in [-0.39, 0.29) is 5.75 Å². The molecule has 0 aromatic carbocycles. The van der Waals surface area contributed by atoms with E-state index in [0.29, 0.717) is 13.0 Å². The number of hydrogen-bond acceptors (Lipinski definition) is 3. The lowest BCUT2D eigenvalue weighted by atomic mass is 10.0.